The second-order valence-electron chi connectivity index (χ2n) is 4.64. The summed E-state index contributed by atoms with van der Waals surface area (Å²) in [6.45, 7) is 0. The molecular weight excluding hydrogens is 355 g/mol. The first-order valence-electron chi connectivity index (χ1n) is 6.71. The molecule has 0 spiro atoms. The van der Waals surface area contributed by atoms with Gasteiger partial charge in [0.25, 0.3) is 5.91 Å². The normalized spacial score (nSPS) is 11.6. The van der Waals surface area contributed by atoms with Crippen LogP contribution < -0.4 is 23.6 Å². The van der Waals surface area contributed by atoms with Crippen molar-refractivity contribution in [3.63, 3.8) is 0 Å². The van der Waals surface area contributed by atoms with E-state index in [0.717, 1.165) is 28.6 Å². The maximum atomic E-state index is 11.8. The van der Waals surface area contributed by atoms with Crippen molar-refractivity contribution in [3.05, 3.63) is 42.1 Å². The number of quaternary nitrogens is 1. The number of carbonyl (C=O) groups is 1. The highest BCUT2D eigenvalue weighted by Gasteiger charge is 2.15. The molecule has 0 unspecified atom stereocenters. The van der Waals surface area contributed by atoms with Crippen molar-refractivity contribution in [1.29, 1.82) is 0 Å². The van der Waals surface area contributed by atoms with E-state index in [9.17, 15) is 4.79 Å². The molecule has 1 aromatic heterocycles. The highest BCUT2D eigenvalue weighted by atomic mass is 35.5. The maximum Gasteiger partial charge on any atom is 0.298 e. The van der Waals surface area contributed by atoms with Crippen LogP contribution >= 0.6 is 24.2 Å². The molecule has 0 aliphatic heterocycles. The molecule has 1 aromatic carbocycles. The van der Waals surface area contributed by atoms with Gasteiger partial charge in [-0.05, 0) is 18.1 Å². The smallest absolute Gasteiger partial charge is 0.298 e. The van der Waals surface area contributed by atoms with Crippen LogP contribution in [0.4, 0.5) is 0 Å². The van der Waals surface area contributed by atoms with E-state index in [-0.39, 0.29) is 36.8 Å². The highest BCUT2D eigenvalue weighted by molar-refractivity contribution is 7.98. The van der Waals surface area contributed by atoms with E-state index in [1.165, 1.54) is 0 Å². The number of thioether (sulfide) groups is 1. The Morgan fingerprint density at radius 1 is 1.43 bits per heavy atom. The molecular formula is C15H20Cl2N4OS. The Labute approximate surface area is 152 Å². The summed E-state index contributed by atoms with van der Waals surface area (Å²) >= 11 is 1.70. The number of hydrogen-bond acceptors (Lipinski definition) is 4. The predicted molar refractivity (Wildman–Crippen MR) is 94.4 cm³/mol. The lowest BCUT2D eigenvalue weighted by Crippen LogP contribution is -3.00. The second kappa shape index (κ2) is 11.2. The van der Waals surface area contributed by atoms with E-state index in [4.69, 9.17) is 0 Å². The van der Waals surface area contributed by atoms with Gasteiger partial charge in [-0.1, -0.05) is 24.3 Å². The van der Waals surface area contributed by atoms with Gasteiger partial charge in [-0.2, -0.15) is 16.9 Å². The van der Waals surface area contributed by atoms with E-state index in [0.29, 0.717) is 0 Å². The van der Waals surface area contributed by atoms with Crippen LogP contribution in [0.3, 0.4) is 0 Å². The van der Waals surface area contributed by atoms with Crippen LogP contribution in [0.25, 0.3) is 10.9 Å². The molecule has 5 nitrogen and oxygen atoms in total. The van der Waals surface area contributed by atoms with Gasteiger partial charge in [0.2, 0.25) is 0 Å². The Morgan fingerprint density at radius 2 is 2.17 bits per heavy atom. The van der Waals surface area contributed by atoms with Crippen molar-refractivity contribution in [2.24, 2.45) is 5.10 Å². The summed E-state index contributed by atoms with van der Waals surface area (Å²) in [6.07, 6.45) is 6.12. The van der Waals surface area contributed by atoms with Gasteiger partial charge in [0.15, 0.2) is 6.04 Å². The van der Waals surface area contributed by atoms with Gasteiger partial charge in [0.1, 0.15) is 0 Å². The van der Waals surface area contributed by atoms with Crippen molar-refractivity contribution in [3.8, 4) is 0 Å². The lowest BCUT2D eigenvalue weighted by atomic mass is 10.1. The van der Waals surface area contributed by atoms with Crippen molar-refractivity contribution in [1.82, 2.24) is 10.4 Å². The summed E-state index contributed by atoms with van der Waals surface area (Å²) in [6, 6.07) is 9.46. The maximum absolute atomic E-state index is 11.8. The third kappa shape index (κ3) is 6.35. The molecule has 8 heteroatoms. The van der Waals surface area contributed by atoms with Gasteiger partial charge in [0.05, 0.1) is 11.7 Å². The molecule has 4 N–H and O–H groups in total. The number of benzene rings is 1. The minimum atomic E-state index is -0.278. The summed E-state index contributed by atoms with van der Waals surface area (Å²) < 4.78 is 0. The number of carbonyl (C=O) groups excluding carboxylic acids is 1. The number of halogens is 2. The van der Waals surface area contributed by atoms with E-state index in [2.05, 4.69) is 21.2 Å². The first-order valence-corrected chi connectivity index (χ1v) is 8.10. The van der Waals surface area contributed by atoms with Crippen LogP contribution in [0.5, 0.6) is 0 Å². The summed E-state index contributed by atoms with van der Waals surface area (Å²) in [4.78, 5) is 16.1. The highest BCUT2D eigenvalue weighted by Crippen LogP contribution is 2.13. The summed E-state index contributed by atoms with van der Waals surface area (Å²) in [5.74, 6) is 0.756. The Kier molecular flexibility index (Phi) is 10.6. The van der Waals surface area contributed by atoms with Gasteiger partial charge >= 0.3 is 0 Å². The van der Waals surface area contributed by atoms with E-state index in [1.807, 2.05) is 36.6 Å². The number of hydrazone groups is 1. The SMILES string of the molecule is CSCC[C@H]([NH3+])C(=O)NN=Cc1cccc2cccnc12.Cl.[Cl-]. The molecule has 0 radical (unpaired) electrons. The van der Waals surface area contributed by atoms with Crippen LogP contribution in [0.1, 0.15) is 12.0 Å². The molecule has 23 heavy (non-hydrogen) atoms. The van der Waals surface area contributed by atoms with Crippen LogP contribution in [0.15, 0.2) is 41.6 Å². The standard InChI is InChI=1S/C15H18N4OS.2ClH/c1-21-9-7-13(16)15(20)19-18-10-12-5-2-4-11-6-3-8-17-14(11)12;;/h2-6,8,10,13H,7,9,16H2,1H3,(H,19,20);2*1H/t13-;;/m0../s1. The number of nitrogens with zero attached hydrogens (tertiary/aromatic N) is 2. The van der Waals surface area contributed by atoms with Gasteiger partial charge in [0, 0.05) is 23.6 Å². The third-order valence-electron chi connectivity index (χ3n) is 3.08. The number of amides is 1. The molecule has 0 aliphatic rings. The van der Waals surface area contributed by atoms with Gasteiger partial charge in [-0.15, -0.1) is 12.4 Å². The van der Waals surface area contributed by atoms with E-state index >= 15 is 0 Å². The number of pyridine rings is 1. The molecule has 0 aliphatic carbocycles. The number of para-hydroxylation sites is 1. The molecule has 2 aromatic rings. The van der Waals surface area contributed by atoms with E-state index in [1.54, 1.807) is 24.2 Å². The largest absolute Gasteiger partial charge is 1.00 e. The zero-order valence-electron chi connectivity index (χ0n) is 12.7. The Morgan fingerprint density at radius 3 is 2.91 bits per heavy atom. The molecule has 2 rings (SSSR count). The fraction of sp³-hybridized carbons (Fsp3) is 0.267. The first kappa shape index (κ1) is 21.7. The van der Waals surface area contributed by atoms with Gasteiger partial charge in [-0.25, -0.2) is 5.43 Å². The molecule has 0 saturated carbocycles. The van der Waals surface area contributed by atoms with Crippen LogP contribution in [-0.4, -0.2) is 35.2 Å². The average Bonchev–Trinajstić information content (AvgIpc) is 2.52. The Bertz CT molecular complexity index is 649. The van der Waals surface area contributed by atoms with Gasteiger partial charge in [-0.3, -0.25) is 9.78 Å². The zero-order chi connectivity index (χ0) is 15.1. The van der Waals surface area contributed by atoms with E-state index < -0.39 is 0 Å². The summed E-state index contributed by atoms with van der Waals surface area (Å²) in [5.41, 5.74) is 8.12. The molecule has 1 amide bonds. The monoisotopic (exact) mass is 374 g/mol. The quantitative estimate of drug-likeness (QED) is 0.475. The second-order valence-corrected chi connectivity index (χ2v) is 5.62. The minimum absolute atomic E-state index is 0. The molecule has 1 heterocycles. The first-order chi connectivity index (χ1) is 10.2. The van der Waals surface area contributed by atoms with Gasteiger partial charge < -0.3 is 18.1 Å². The topological polar surface area (TPSA) is 82.0 Å². The van der Waals surface area contributed by atoms with Crippen molar-refractivity contribution >= 4 is 47.2 Å². The number of aromatic nitrogens is 1. The number of fused-ring (bicyclic) bond motifs is 1. The fourth-order valence-corrected chi connectivity index (χ4v) is 2.40. The lowest BCUT2D eigenvalue weighted by molar-refractivity contribution is -0.403. The number of nitrogens with one attached hydrogen (secondary N) is 1. The van der Waals surface area contributed by atoms with Crippen molar-refractivity contribution < 1.29 is 22.9 Å². The number of rotatable bonds is 6. The number of hydrogen-bond donors (Lipinski definition) is 2. The molecule has 126 valence electrons. The van der Waals surface area contributed by atoms with Crippen LogP contribution in [0.2, 0.25) is 0 Å². The molecule has 0 fully saturated rings. The van der Waals surface area contributed by atoms with Crippen molar-refractivity contribution in [2.75, 3.05) is 12.0 Å². The average molecular weight is 375 g/mol. The zero-order valence-corrected chi connectivity index (χ0v) is 15.1. The fourth-order valence-electron chi connectivity index (χ4n) is 1.88. The molecule has 1 atom stereocenters. The summed E-state index contributed by atoms with van der Waals surface area (Å²) in [5, 5.41) is 5.05. The Hall–Kier alpha value is -1.34. The molecule has 0 saturated heterocycles. The minimum Gasteiger partial charge on any atom is -1.00 e. The lowest BCUT2D eigenvalue weighted by Gasteiger charge is -2.05. The van der Waals surface area contributed by atoms with Crippen molar-refractivity contribution in [2.45, 2.75) is 12.5 Å². The molecule has 0 bridgehead atoms. The van der Waals surface area contributed by atoms with Crippen LogP contribution in [-0.2, 0) is 4.79 Å². The predicted octanol–water partition coefficient (Wildman–Crippen LogP) is -1.53. The summed E-state index contributed by atoms with van der Waals surface area (Å²) in [7, 11) is 0. The third-order valence-corrected chi connectivity index (χ3v) is 3.73. The Balaban J connectivity index is 0.00000242. The van der Waals surface area contributed by atoms with Crippen LogP contribution in [0, 0.1) is 0 Å².